The van der Waals surface area contributed by atoms with E-state index in [1.54, 1.807) is 12.1 Å². The van der Waals surface area contributed by atoms with Crippen LogP contribution < -0.4 is 14.2 Å². The van der Waals surface area contributed by atoms with Crippen molar-refractivity contribution in [1.29, 1.82) is 0 Å². The van der Waals surface area contributed by atoms with Gasteiger partial charge in [0.15, 0.2) is 5.60 Å². The summed E-state index contributed by atoms with van der Waals surface area (Å²) in [6, 6.07) is 24.1. The van der Waals surface area contributed by atoms with Crippen LogP contribution in [-0.2, 0) is 21.2 Å². The molecule has 34 heavy (non-hydrogen) atoms. The number of carbonyl (C=O) groups excluding carboxylic acids is 1. The van der Waals surface area contributed by atoms with Crippen molar-refractivity contribution in [3.05, 3.63) is 84.4 Å². The quantitative estimate of drug-likeness (QED) is 0.412. The van der Waals surface area contributed by atoms with E-state index in [1.807, 2.05) is 71.5 Å². The Labute approximate surface area is 199 Å². The van der Waals surface area contributed by atoms with Gasteiger partial charge in [-0.25, -0.2) is 13.1 Å². The minimum absolute atomic E-state index is 0.457. The second kappa shape index (κ2) is 10.9. The molecule has 0 atom stereocenters. The van der Waals surface area contributed by atoms with E-state index in [4.69, 9.17) is 9.47 Å². The predicted molar refractivity (Wildman–Crippen MR) is 130 cm³/mol. The van der Waals surface area contributed by atoms with Gasteiger partial charge in [-0.3, -0.25) is 4.79 Å². The summed E-state index contributed by atoms with van der Waals surface area (Å²) in [5.74, 6) is 0.455. The minimum Gasteiger partial charge on any atom is -0.493 e. The van der Waals surface area contributed by atoms with Crippen molar-refractivity contribution < 1.29 is 22.7 Å². The lowest BCUT2D eigenvalue weighted by Gasteiger charge is -2.24. The fraction of sp³-hybridized carbons (Fsp3) is 0.240. The fourth-order valence-electron chi connectivity index (χ4n) is 2.86. The molecule has 1 N–H and O–H groups in total. The summed E-state index contributed by atoms with van der Waals surface area (Å²) < 4.78 is 36.0. The number of azo groups is 1. The third kappa shape index (κ3) is 8.00. The SMILES string of the molecule is CC(C)(Oc1ccc(CCOc2ccc(N=Nc3ccccc3)cc2)cc1)C(=O)NS(C)(=O)=O. The zero-order valence-corrected chi connectivity index (χ0v) is 20.1. The third-order valence-corrected chi connectivity index (χ3v) is 5.21. The van der Waals surface area contributed by atoms with Crippen LogP contribution in [-0.4, -0.2) is 32.8 Å². The van der Waals surface area contributed by atoms with Gasteiger partial charge in [0, 0.05) is 6.42 Å². The van der Waals surface area contributed by atoms with E-state index < -0.39 is 21.5 Å². The number of amides is 1. The molecular formula is C25H27N3O5S. The van der Waals surface area contributed by atoms with Crippen molar-refractivity contribution >= 4 is 27.3 Å². The predicted octanol–water partition coefficient (Wildman–Crippen LogP) is 4.96. The summed E-state index contributed by atoms with van der Waals surface area (Å²) in [6.07, 6.45) is 1.59. The van der Waals surface area contributed by atoms with Crippen LogP contribution in [0.4, 0.5) is 11.4 Å². The molecule has 178 valence electrons. The summed E-state index contributed by atoms with van der Waals surface area (Å²) >= 11 is 0. The Hall–Kier alpha value is -3.72. The normalized spacial score (nSPS) is 11.9. The molecule has 9 heteroatoms. The molecule has 0 aliphatic heterocycles. The first kappa shape index (κ1) is 24.9. The lowest BCUT2D eigenvalue weighted by Crippen LogP contribution is -2.48. The highest BCUT2D eigenvalue weighted by Crippen LogP contribution is 2.22. The first-order valence-corrected chi connectivity index (χ1v) is 12.5. The van der Waals surface area contributed by atoms with Crippen molar-refractivity contribution in [2.24, 2.45) is 10.2 Å². The van der Waals surface area contributed by atoms with Crippen molar-refractivity contribution in [3.63, 3.8) is 0 Å². The Morgan fingerprint density at radius 1 is 0.853 bits per heavy atom. The van der Waals surface area contributed by atoms with Gasteiger partial charge in [0.05, 0.1) is 24.2 Å². The molecule has 0 radical (unpaired) electrons. The average molecular weight is 482 g/mol. The molecule has 3 rings (SSSR count). The van der Waals surface area contributed by atoms with E-state index in [-0.39, 0.29) is 0 Å². The highest BCUT2D eigenvalue weighted by molar-refractivity contribution is 7.89. The molecule has 1 amide bonds. The zero-order valence-electron chi connectivity index (χ0n) is 19.3. The van der Waals surface area contributed by atoms with Crippen molar-refractivity contribution in [1.82, 2.24) is 4.72 Å². The van der Waals surface area contributed by atoms with Gasteiger partial charge in [-0.1, -0.05) is 30.3 Å². The number of hydrogen-bond donors (Lipinski definition) is 1. The number of carbonyl (C=O) groups is 1. The van der Waals surface area contributed by atoms with Gasteiger partial charge in [-0.15, -0.1) is 0 Å². The van der Waals surface area contributed by atoms with Crippen molar-refractivity contribution in [2.75, 3.05) is 12.9 Å². The molecule has 0 aromatic heterocycles. The molecule has 0 saturated carbocycles. The minimum atomic E-state index is -3.66. The maximum Gasteiger partial charge on any atom is 0.277 e. The smallest absolute Gasteiger partial charge is 0.277 e. The number of hydrogen-bond acceptors (Lipinski definition) is 7. The van der Waals surface area contributed by atoms with Crippen molar-refractivity contribution in [2.45, 2.75) is 25.9 Å². The topological polar surface area (TPSA) is 106 Å². The second-order valence-corrected chi connectivity index (χ2v) is 9.84. The molecule has 0 spiro atoms. The van der Waals surface area contributed by atoms with E-state index in [0.717, 1.165) is 28.9 Å². The maximum absolute atomic E-state index is 12.1. The first-order valence-electron chi connectivity index (χ1n) is 10.6. The summed E-state index contributed by atoms with van der Waals surface area (Å²) in [7, 11) is -3.66. The molecule has 8 nitrogen and oxygen atoms in total. The Balaban J connectivity index is 1.47. The van der Waals surface area contributed by atoms with E-state index in [2.05, 4.69) is 10.2 Å². The van der Waals surface area contributed by atoms with Gasteiger partial charge in [0.25, 0.3) is 5.91 Å². The molecule has 0 unspecified atom stereocenters. The number of ether oxygens (including phenoxy) is 2. The lowest BCUT2D eigenvalue weighted by atomic mass is 10.1. The Bertz CT molecular complexity index is 1220. The molecule has 0 aliphatic rings. The van der Waals surface area contributed by atoms with Crippen LogP contribution >= 0.6 is 0 Å². The van der Waals surface area contributed by atoms with Crippen LogP contribution in [0.3, 0.4) is 0 Å². The third-order valence-electron chi connectivity index (χ3n) is 4.65. The number of rotatable bonds is 10. The maximum atomic E-state index is 12.1. The van der Waals surface area contributed by atoms with Gasteiger partial charge in [0.1, 0.15) is 11.5 Å². The average Bonchev–Trinajstić information content (AvgIpc) is 2.79. The molecule has 0 heterocycles. The Morgan fingerprint density at radius 3 is 2.00 bits per heavy atom. The molecular weight excluding hydrogens is 454 g/mol. The number of nitrogens with zero attached hydrogens (tertiary/aromatic N) is 2. The van der Waals surface area contributed by atoms with E-state index in [0.29, 0.717) is 18.8 Å². The number of benzene rings is 3. The van der Waals surface area contributed by atoms with Crippen LogP contribution in [0.5, 0.6) is 11.5 Å². The first-order chi connectivity index (χ1) is 16.1. The molecule has 0 bridgehead atoms. The second-order valence-electron chi connectivity index (χ2n) is 8.09. The highest BCUT2D eigenvalue weighted by Gasteiger charge is 2.31. The van der Waals surface area contributed by atoms with E-state index >= 15 is 0 Å². The van der Waals surface area contributed by atoms with Crippen LogP contribution in [0.2, 0.25) is 0 Å². The Morgan fingerprint density at radius 2 is 1.41 bits per heavy atom. The van der Waals surface area contributed by atoms with Crippen LogP contribution in [0, 0.1) is 0 Å². The number of sulfonamides is 1. The zero-order chi connectivity index (χ0) is 24.6. The van der Waals surface area contributed by atoms with Crippen LogP contribution in [0.25, 0.3) is 0 Å². The Kier molecular flexibility index (Phi) is 8.01. The number of nitrogens with one attached hydrogen (secondary N) is 1. The van der Waals surface area contributed by atoms with Gasteiger partial charge in [-0.2, -0.15) is 10.2 Å². The summed E-state index contributed by atoms with van der Waals surface area (Å²) in [5.41, 5.74) is 1.21. The molecule has 3 aromatic carbocycles. The monoisotopic (exact) mass is 481 g/mol. The fourth-order valence-corrected chi connectivity index (χ4v) is 3.44. The van der Waals surface area contributed by atoms with Crippen LogP contribution in [0.1, 0.15) is 19.4 Å². The highest BCUT2D eigenvalue weighted by atomic mass is 32.2. The van der Waals surface area contributed by atoms with E-state index in [1.165, 1.54) is 13.8 Å². The van der Waals surface area contributed by atoms with Gasteiger partial charge in [-0.05, 0) is 67.9 Å². The lowest BCUT2D eigenvalue weighted by molar-refractivity contribution is -0.132. The van der Waals surface area contributed by atoms with Gasteiger partial charge in [0.2, 0.25) is 10.0 Å². The summed E-state index contributed by atoms with van der Waals surface area (Å²) in [6.45, 7) is 3.49. The van der Waals surface area contributed by atoms with Gasteiger partial charge >= 0.3 is 0 Å². The molecule has 0 fully saturated rings. The van der Waals surface area contributed by atoms with E-state index in [9.17, 15) is 13.2 Å². The van der Waals surface area contributed by atoms with Crippen molar-refractivity contribution in [3.8, 4) is 11.5 Å². The van der Waals surface area contributed by atoms with Gasteiger partial charge < -0.3 is 9.47 Å². The molecule has 3 aromatic rings. The summed E-state index contributed by atoms with van der Waals surface area (Å²) in [4.78, 5) is 12.1. The molecule has 0 saturated heterocycles. The molecule has 0 aliphatic carbocycles. The largest absolute Gasteiger partial charge is 0.493 e. The summed E-state index contributed by atoms with van der Waals surface area (Å²) in [5, 5.41) is 8.40. The van der Waals surface area contributed by atoms with Crippen LogP contribution in [0.15, 0.2) is 89.1 Å². The standard InChI is InChI=1S/C25H27N3O5S/c1-25(2,24(29)28-34(3,30)31)33-23-13-9-19(10-14-23)17-18-32-22-15-11-21(12-16-22)27-26-20-7-5-4-6-8-20/h4-16H,17-18H2,1-3H3,(H,28,29).